The minimum atomic E-state index is -0.363. The summed E-state index contributed by atoms with van der Waals surface area (Å²) in [6, 6.07) is 1.89. The summed E-state index contributed by atoms with van der Waals surface area (Å²) in [6.07, 6.45) is 5.20. The van der Waals surface area contributed by atoms with Gasteiger partial charge in [-0.25, -0.2) is 4.98 Å². The number of nitrogens with two attached hydrogens (primary N) is 1. The Morgan fingerprint density at radius 2 is 2.10 bits per heavy atom. The summed E-state index contributed by atoms with van der Waals surface area (Å²) in [6.45, 7) is 6.53. The third-order valence-corrected chi connectivity index (χ3v) is 4.47. The monoisotopic (exact) mass is 413 g/mol. The van der Waals surface area contributed by atoms with Gasteiger partial charge in [-0.3, -0.25) is 9.89 Å². The van der Waals surface area contributed by atoms with Crippen LogP contribution in [-0.4, -0.2) is 74.6 Å². The lowest BCUT2D eigenvalue weighted by Gasteiger charge is -2.33. The first-order valence-electron chi connectivity index (χ1n) is 10.2. The summed E-state index contributed by atoms with van der Waals surface area (Å²) in [5, 5.41) is 3.87. The molecule has 3 rings (SSSR count). The smallest absolute Gasteiger partial charge is 0.176 e. The molecule has 2 aliphatic rings. The Morgan fingerprint density at radius 1 is 1.37 bits per heavy atom. The molecule has 0 amide bonds. The van der Waals surface area contributed by atoms with Crippen molar-refractivity contribution in [2.24, 2.45) is 21.4 Å². The molecule has 30 heavy (non-hydrogen) atoms. The normalized spacial score (nSPS) is 19.7. The van der Waals surface area contributed by atoms with E-state index in [9.17, 15) is 0 Å². The van der Waals surface area contributed by atoms with E-state index in [1.165, 1.54) is 0 Å². The molecule has 1 saturated carbocycles. The van der Waals surface area contributed by atoms with Crippen molar-refractivity contribution in [3.8, 4) is 17.6 Å². The van der Waals surface area contributed by atoms with Crippen LogP contribution < -0.4 is 10.6 Å². The van der Waals surface area contributed by atoms with E-state index in [1.54, 1.807) is 12.4 Å². The van der Waals surface area contributed by atoms with Crippen LogP contribution in [0.15, 0.2) is 22.4 Å². The molecule has 0 spiro atoms. The predicted molar refractivity (Wildman–Crippen MR) is 117 cm³/mol. The molecule has 2 fully saturated rings. The molecule has 162 valence electrons. The minimum absolute atomic E-state index is 0.0280. The lowest BCUT2D eigenvalue weighted by atomic mass is 9.96. The molecule has 0 radical (unpaired) electrons. The molecule has 0 atom stereocenters. The van der Waals surface area contributed by atoms with Gasteiger partial charge in [-0.1, -0.05) is 25.7 Å². The topological polar surface area (TPSA) is 94.6 Å². The molecule has 2 heterocycles. The molecular weight excluding hydrogens is 382 g/mol. The van der Waals surface area contributed by atoms with Gasteiger partial charge in [-0.2, -0.15) is 5.10 Å². The fraction of sp³-hybridized carbons (Fsp3) is 0.591. The van der Waals surface area contributed by atoms with Crippen LogP contribution in [0.25, 0.3) is 0 Å². The van der Waals surface area contributed by atoms with Crippen molar-refractivity contribution in [3.63, 3.8) is 0 Å². The average molecular weight is 414 g/mol. The van der Waals surface area contributed by atoms with Crippen molar-refractivity contribution < 1.29 is 14.2 Å². The summed E-state index contributed by atoms with van der Waals surface area (Å²) < 4.78 is 17.4. The van der Waals surface area contributed by atoms with Crippen LogP contribution in [0.2, 0.25) is 0 Å². The third kappa shape index (κ3) is 6.80. The summed E-state index contributed by atoms with van der Waals surface area (Å²) in [5.41, 5.74) is 1.81. The van der Waals surface area contributed by atoms with E-state index in [1.807, 2.05) is 25.1 Å². The average Bonchev–Trinajstić information content (AvgIpc) is 3.51. The quantitative estimate of drug-likeness (QED) is 0.316. The van der Waals surface area contributed by atoms with Crippen molar-refractivity contribution in [1.82, 2.24) is 9.88 Å². The van der Waals surface area contributed by atoms with Gasteiger partial charge in [0.2, 0.25) is 0 Å². The lowest BCUT2D eigenvalue weighted by Crippen LogP contribution is -2.39. The van der Waals surface area contributed by atoms with E-state index >= 15 is 0 Å². The minimum Gasteiger partial charge on any atom is -0.488 e. The zero-order valence-corrected chi connectivity index (χ0v) is 18.2. The standard InChI is InChI=1S/C22H31N5O3/c1-22(2)14-28-20(29-15-22)13-24-12-18(26-23)21-19(30-17-7-8-17)10-16(11-25-21)6-5-9-27(3)4/h10-12,17,20H,7-9,13-15,23H2,1-4H3/b24-12?,26-18+. The molecule has 1 aliphatic heterocycles. The third-order valence-electron chi connectivity index (χ3n) is 4.47. The highest BCUT2D eigenvalue weighted by molar-refractivity contribution is 6.38. The van der Waals surface area contributed by atoms with E-state index in [0.29, 0.717) is 43.5 Å². The van der Waals surface area contributed by atoms with Gasteiger partial charge in [-0.15, -0.1) is 0 Å². The van der Waals surface area contributed by atoms with E-state index in [-0.39, 0.29) is 17.8 Å². The molecule has 8 heteroatoms. The number of aromatic nitrogens is 1. The Kier molecular flexibility index (Phi) is 7.43. The zero-order valence-electron chi connectivity index (χ0n) is 18.2. The first-order chi connectivity index (χ1) is 14.4. The Balaban J connectivity index is 1.70. The second-order valence-electron chi connectivity index (χ2n) is 8.65. The zero-order chi connectivity index (χ0) is 21.6. The summed E-state index contributed by atoms with van der Waals surface area (Å²) >= 11 is 0. The number of ether oxygens (including phenoxy) is 3. The molecule has 1 aliphatic carbocycles. The van der Waals surface area contributed by atoms with Crippen molar-refractivity contribution in [2.45, 2.75) is 39.1 Å². The highest BCUT2D eigenvalue weighted by Crippen LogP contribution is 2.29. The SMILES string of the molecule is CN(C)CC#Cc1cnc(/C(C=NCC2OCC(C)(C)CO2)=N/N)c(OC2CC2)c1. The summed E-state index contributed by atoms with van der Waals surface area (Å²) in [7, 11) is 3.95. The van der Waals surface area contributed by atoms with Gasteiger partial charge in [-0.05, 0) is 33.0 Å². The number of pyridine rings is 1. The molecule has 0 aromatic carbocycles. The molecular formula is C22H31N5O3. The van der Waals surface area contributed by atoms with Gasteiger partial charge in [0.05, 0.1) is 38.6 Å². The molecule has 0 bridgehead atoms. The van der Waals surface area contributed by atoms with Gasteiger partial charge in [0, 0.05) is 17.2 Å². The maximum atomic E-state index is 6.04. The van der Waals surface area contributed by atoms with Crippen LogP contribution >= 0.6 is 0 Å². The molecule has 0 unspecified atom stereocenters. The number of nitrogens with zero attached hydrogens (tertiary/aromatic N) is 4. The van der Waals surface area contributed by atoms with Crippen LogP contribution in [-0.2, 0) is 9.47 Å². The van der Waals surface area contributed by atoms with Crippen LogP contribution in [0, 0.1) is 17.3 Å². The first-order valence-corrected chi connectivity index (χ1v) is 10.2. The van der Waals surface area contributed by atoms with Crippen molar-refractivity contribution in [3.05, 3.63) is 23.5 Å². The second-order valence-corrected chi connectivity index (χ2v) is 8.65. The number of hydrazone groups is 1. The number of rotatable bonds is 7. The molecule has 1 saturated heterocycles. The lowest BCUT2D eigenvalue weighted by molar-refractivity contribution is -0.215. The Morgan fingerprint density at radius 3 is 2.73 bits per heavy atom. The number of hydrogen-bond acceptors (Lipinski definition) is 8. The predicted octanol–water partition coefficient (Wildman–Crippen LogP) is 1.67. The van der Waals surface area contributed by atoms with E-state index < -0.39 is 0 Å². The second kappa shape index (κ2) is 10.0. The van der Waals surface area contributed by atoms with Crippen molar-refractivity contribution >= 4 is 11.9 Å². The van der Waals surface area contributed by atoms with Gasteiger partial charge in [0.15, 0.2) is 6.29 Å². The highest BCUT2D eigenvalue weighted by Gasteiger charge is 2.28. The van der Waals surface area contributed by atoms with Gasteiger partial charge in [0.25, 0.3) is 0 Å². The van der Waals surface area contributed by atoms with E-state index in [0.717, 1.165) is 18.4 Å². The van der Waals surface area contributed by atoms with Crippen molar-refractivity contribution in [1.29, 1.82) is 0 Å². The van der Waals surface area contributed by atoms with Gasteiger partial charge < -0.3 is 20.1 Å². The Hall–Kier alpha value is -2.47. The van der Waals surface area contributed by atoms with Gasteiger partial charge in [0.1, 0.15) is 17.2 Å². The molecule has 1 aromatic rings. The van der Waals surface area contributed by atoms with Crippen LogP contribution in [0.3, 0.4) is 0 Å². The number of hydrogen-bond donors (Lipinski definition) is 1. The van der Waals surface area contributed by atoms with E-state index in [4.69, 9.17) is 20.1 Å². The van der Waals surface area contributed by atoms with Gasteiger partial charge >= 0.3 is 0 Å². The van der Waals surface area contributed by atoms with Crippen LogP contribution in [0.4, 0.5) is 0 Å². The largest absolute Gasteiger partial charge is 0.488 e. The molecule has 1 aromatic heterocycles. The first kappa shape index (κ1) is 22.2. The molecule has 2 N–H and O–H groups in total. The maximum Gasteiger partial charge on any atom is 0.176 e. The Labute approximate surface area is 178 Å². The fourth-order valence-electron chi connectivity index (χ4n) is 2.67. The maximum absolute atomic E-state index is 6.04. The van der Waals surface area contributed by atoms with Crippen LogP contribution in [0.5, 0.6) is 5.75 Å². The number of aliphatic imine (C=N–C) groups is 1. The highest BCUT2D eigenvalue weighted by atomic mass is 16.7. The molecule has 8 nitrogen and oxygen atoms in total. The fourth-order valence-corrected chi connectivity index (χ4v) is 2.67. The van der Waals surface area contributed by atoms with Crippen molar-refractivity contribution in [2.75, 3.05) is 40.4 Å². The summed E-state index contributed by atoms with van der Waals surface area (Å²) in [5.74, 6) is 12.5. The Bertz CT molecular complexity index is 840. The van der Waals surface area contributed by atoms with E-state index in [2.05, 4.69) is 40.8 Å². The summed E-state index contributed by atoms with van der Waals surface area (Å²) in [4.78, 5) is 10.9. The van der Waals surface area contributed by atoms with Crippen LogP contribution in [0.1, 0.15) is 37.9 Å².